The number of hydrogen-bond donors (Lipinski definition) is 1. The minimum absolute atomic E-state index is 0.0506. The van der Waals surface area contributed by atoms with Crippen molar-refractivity contribution in [2.45, 2.75) is 31.2 Å². The van der Waals surface area contributed by atoms with E-state index < -0.39 is 0 Å². The van der Waals surface area contributed by atoms with Gasteiger partial charge in [0.1, 0.15) is 17.7 Å². The summed E-state index contributed by atoms with van der Waals surface area (Å²) in [6.07, 6.45) is 7.06. The Bertz CT molecular complexity index is 1360. The number of rotatable bonds is 6. The van der Waals surface area contributed by atoms with Crippen LogP contribution in [0.2, 0.25) is 0 Å². The molecule has 2 aromatic heterocycles. The van der Waals surface area contributed by atoms with Gasteiger partial charge in [0.25, 0.3) is 0 Å². The Kier molecular flexibility index (Phi) is 6.68. The molecule has 2 aromatic carbocycles. The highest BCUT2D eigenvalue weighted by molar-refractivity contribution is 7.98. The minimum Gasteiger partial charge on any atom is -0.354 e. The third kappa shape index (κ3) is 5.00. The van der Waals surface area contributed by atoms with Crippen LogP contribution in [0.4, 0.5) is 10.2 Å². The third-order valence-electron chi connectivity index (χ3n) is 6.42. The summed E-state index contributed by atoms with van der Waals surface area (Å²) in [6.45, 7) is 3.60. The Morgan fingerprint density at radius 2 is 2.03 bits per heavy atom. The van der Waals surface area contributed by atoms with Crippen molar-refractivity contribution in [1.82, 2.24) is 25.1 Å². The molecule has 1 atom stereocenters. The quantitative estimate of drug-likeness (QED) is 0.401. The van der Waals surface area contributed by atoms with Crippen molar-refractivity contribution in [2.75, 3.05) is 24.2 Å². The van der Waals surface area contributed by atoms with Crippen LogP contribution in [0.1, 0.15) is 24.0 Å². The Labute approximate surface area is 207 Å². The highest BCUT2D eigenvalue weighted by Gasteiger charge is 2.28. The number of aryl methyl sites for hydroxylation is 1. The number of hydrogen-bond acceptors (Lipinski definition) is 6. The summed E-state index contributed by atoms with van der Waals surface area (Å²) in [5.41, 5.74) is 3.61. The van der Waals surface area contributed by atoms with Gasteiger partial charge in [0.15, 0.2) is 11.3 Å². The number of piperidine rings is 1. The summed E-state index contributed by atoms with van der Waals surface area (Å²) in [5, 5.41) is 7.76. The van der Waals surface area contributed by atoms with Crippen LogP contribution in [-0.4, -0.2) is 45.0 Å². The van der Waals surface area contributed by atoms with Crippen molar-refractivity contribution >= 4 is 34.5 Å². The van der Waals surface area contributed by atoms with E-state index in [1.807, 2.05) is 24.5 Å². The Balaban J connectivity index is 1.31. The number of nitrogens with one attached hydrogen (secondary N) is 1. The maximum Gasteiger partial charge on any atom is 0.225 e. The second-order valence-corrected chi connectivity index (χ2v) is 9.67. The number of amides is 1. The van der Waals surface area contributed by atoms with Crippen LogP contribution < -0.4 is 10.2 Å². The number of carbonyl (C=O) groups is 1. The molecule has 1 aliphatic rings. The second kappa shape index (κ2) is 10.0. The van der Waals surface area contributed by atoms with Crippen molar-refractivity contribution in [3.05, 3.63) is 71.9 Å². The van der Waals surface area contributed by atoms with Gasteiger partial charge in [-0.3, -0.25) is 4.79 Å². The lowest BCUT2D eigenvalue weighted by molar-refractivity contribution is -0.125. The van der Waals surface area contributed by atoms with E-state index in [-0.39, 0.29) is 17.6 Å². The van der Waals surface area contributed by atoms with Crippen LogP contribution in [0, 0.1) is 18.7 Å². The maximum absolute atomic E-state index is 14.1. The molecular weight excluding hydrogens is 463 g/mol. The molecule has 9 heteroatoms. The van der Waals surface area contributed by atoms with Gasteiger partial charge < -0.3 is 10.2 Å². The minimum atomic E-state index is -0.279. The number of carbonyl (C=O) groups excluding carboxylic acids is 1. The normalized spacial score (nSPS) is 16.0. The van der Waals surface area contributed by atoms with Crippen LogP contribution in [-0.2, 0) is 11.3 Å². The Hall–Kier alpha value is -3.46. The van der Waals surface area contributed by atoms with Gasteiger partial charge >= 0.3 is 0 Å². The van der Waals surface area contributed by atoms with Gasteiger partial charge in [-0.2, -0.15) is 5.10 Å². The monoisotopic (exact) mass is 490 g/mol. The molecule has 180 valence electrons. The fraction of sp³-hybridized carbons (Fsp3) is 0.308. The highest BCUT2D eigenvalue weighted by Crippen LogP contribution is 2.28. The lowest BCUT2D eigenvalue weighted by atomic mass is 9.97. The fourth-order valence-electron chi connectivity index (χ4n) is 4.37. The summed E-state index contributed by atoms with van der Waals surface area (Å²) in [7, 11) is 0. The zero-order valence-electron chi connectivity index (χ0n) is 19.7. The van der Waals surface area contributed by atoms with Gasteiger partial charge in [-0.1, -0.05) is 18.2 Å². The molecule has 0 unspecified atom stereocenters. The van der Waals surface area contributed by atoms with E-state index in [1.54, 1.807) is 35.6 Å². The van der Waals surface area contributed by atoms with E-state index in [9.17, 15) is 9.18 Å². The second-order valence-electron chi connectivity index (χ2n) is 8.79. The van der Waals surface area contributed by atoms with Gasteiger partial charge in [0.2, 0.25) is 5.91 Å². The predicted octanol–water partition coefficient (Wildman–Crippen LogP) is 4.52. The third-order valence-corrected chi connectivity index (χ3v) is 7.16. The molecule has 0 bridgehead atoms. The zero-order chi connectivity index (χ0) is 24.4. The largest absolute Gasteiger partial charge is 0.354 e. The van der Waals surface area contributed by atoms with Crippen molar-refractivity contribution in [3.8, 4) is 5.69 Å². The average molecular weight is 491 g/mol. The molecule has 0 saturated carbocycles. The van der Waals surface area contributed by atoms with Crippen molar-refractivity contribution in [1.29, 1.82) is 0 Å². The van der Waals surface area contributed by atoms with Crippen molar-refractivity contribution < 1.29 is 9.18 Å². The molecule has 5 rings (SSSR count). The molecule has 1 fully saturated rings. The Morgan fingerprint density at radius 1 is 1.20 bits per heavy atom. The smallest absolute Gasteiger partial charge is 0.225 e. The standard InChI is InChI=1S/C26H27FN6OS/c1-17-5-8-20(12-22(17)27)33-15-23-24(31-33)25(30-16-29-23)32-11-3-4-19(14-32)26(34)28-13-18-6-9-21(35-2)10-7-18/h5-10,12,15-16,19H,3-4,11,13-14H2,1-2H3,(H,28,34)/t19-/m0/s1. The number of anilines is 1. The summed E-state index contributed by atoms with van der Waals surface area (Å²) >= 11 is 1.70. The molecule has 1 N–H and O–H groups in total. The van der Waals surface area contributed by atoms with E-state index in [1.165, 1.54) is 17.3 Å². The van der Waals surface area contributed by atoms with Gasteiger partial charge in [0, 0.05) is 24.5 Å². The molecule has 7 nitrogen and oxygen atoms in total. The van der Waals surface area contributed by atoms with E-state index >= 15 is 0 Å². The lowest BCUT2D eigenvalue weighted by Crippen LogP contribution is -2.43. The first-order valence-corrected chi connectivity index (χ1v) is 12.9. The van der Waals surface area contributed by atoms with Crippen LogP contribution in [0.25, 0.3) is 16.7 Å². The molecule has 1 amide bonds. The van der Waals surface area contributed by atoms with Crippen LogP contribution in [0.15, 0.2) is 59.9 Å². The summed E-state index contributed by atoms with van der Waals surface area (Å²) in [6, 6.07) is 13.3. The maximum atomic E-state index is 14.1. The Morgan fingerprint density at radius 3 is 2.80 bits per heavy atom. The molecular formula is C26H27FN6OS. The molecule has 0 aliphatic carbocycles. The summed E-state index contributed by atoms with van der Waals surface area (Å²) in [5.74, 6) is 0.340. The van der Waals surface area contributed by atoms with Crippen LogP contribution in [0.5, 0.6) is 0 Å². The number of aromatic nitrogens is 4. The number of benzene rings is 2. The molecule has 4 aromatic rings. The van der Waals surface area contributed by atoms with Gasteiger partial charge in [-0.05, 0) is 61.4 Å². The first kappa shape index (κ1) is 23.3. The molecule has 35 heavy (non-hydrogen) atoms. The highest BCUT2D eigenvalue weighted by atomic mass is 32.2. The number of fused-ring (bicyclic) bond motifs is 1. The molecule has 3 heterocycles. The molecule has 1 aliphatic heterocycles. The number of nitrogens with zero attached hydrogens (tertiary/aromatic N) is 5. The zero-order valence-corrected chi connectivity index (χ0v) is 20.6. The van der Waals surface area contributed by atoms with E-state index in [0.717, 1.165) is 24.9 Å². The summed E-state index contributed by atoms with van der Waals surface area (Å²) in [4.78, 5) is 25.1. The molecule has 0 spiro atoms. The van der Waals surface area contributed by atoms with Crippen LogP contribution >= 0.6 is 11.8 Å². The van der Waals surface area contributed by atoms with Crippen molar-refractivity contribution in [3.63, 3.8) is 0 Å². The van der Waals surface area contributed by atoms with Gasteiger partial charge in [-0.15, -0.1) is 11.8 Å². The predicted molar refractivity (Wildman–Crippen MR) is 136 cm³/mol. The van der Waals surface area contributed by atoms with Gasteiger partial charge in [0.05, 0.1) is 17.8 Å². The lowest BCUT2D eigenvalue weighted by Gasteiger charge is -2.32. The first-order chi connectivity index (χ1) is 17.0. The molecule has 1 saturated heterocycles. The SMILES string of the molecule is CSc1ccc(CNC(=O)[C@H]2CCCN(c3ncnc4cn(-c5ccc(C)c(F)c5)nc34)C2)cc1. The van der Waals surface area contributed by atoms with Gasteiger partial charge in [-0.25, -0.2) is 19.0 Å². The first-order valence-electron chi connectivity index (χ1n) is 11.6. The topological polar surface area (TPSA) is 75.9 Å². The van der Waals surface area contributed by atoms with E-state index in [0.29, 0.717) is 41.2 Å². The number of thioether (sulfide) groups is 1. The van der Waals surface area contributed by atoms with Crippen LogP contribution in [0.3, 0.4) is 0 Å². The average Bonchev–Trinajstić information content (AvgIpc) is 3.34. The number of halogens is 1. The van der Waals surface area contributed by atoms with Crippen molar-refractivity contribution in [2.24, 2.45) is 5.92 Å². The fourth-order valence-corrected chi connectivity index (χ4v) is 4.78. The summed E-state index contributed by atoms with van der Waals surface area (Å²) < 4.78 is 15.7. The molecule has 0 radical (unpaired) electrons. The van der Waals surface area contributed by atoms with E-state index in [2.05, 4.69) is 37.4 Å². The van der Waals surface area contributed by atoms with E-state index in [4.69, 9.17) is 0 Å².